The standard InChI is InChI=1S/C17H15N3O6/c1-11(2)10-26-16-5-3-4-13(8-16)18-17(21)12-6-14(19(22)23)9-15(7-12)20(24)25/h3-9H,1,10H2,2H3,(H,18,21). The molecule has 0 aliphatic rings. The van der Waals surface area contributed by atoms with Crippen molar-refractivity contribution < 1.29 is 19.4 Å². The summed E-state index contributed by atoms with van der Waals surface area (Å²) in [6.07, 6.45) is 0. The zero-order chi connectivity index (χ0) is 19.3. The second kappa shape index (κ2) is 7.88. The summed E-state index contributed by atoms with van der Waals surface area (Å²) in [5.74, 6) is -0.218. The van der Waals surface area contributed by atoms with Crippen molar-refractivity contribution in [2.75, 3.05) is 11.9 Å². The van der Waals surface area contributed by atoms with Crippen LogP contribution in [0.1, 0.15) is 17.3 Å². The number of rotatable bonds is 7. The van der Waals surface area contributed by atoms with E-state index in [-0.39, 0.29) is 5.56 Å². The van der Waals surface area contributed by atoms with Crippen LogP contribution in [0.3, 0.4) is 0 Å². The van der Waals surface area contributed by atoms with Crippen LogP contribution in [0, 0.1) is 20.2 Å². The van der Waals surface area contributed by atoms with Crippen LogP contribution in [0.5, 0.6) is 5.75 Å². The third-order valence-electron chi connectivity index (χ3n) is 3.16. The third-order valence-corrected chi connectivity index (χ3v) is 3.16. The molecule has 9 nitrogen and oxygen atoms in total. The number of benzene rings is 2. The van der Waals surface area contributed by atoms with Gasteiger partial charge in [0.1, 0.15) is 12.4 Å². The lowest BCUT2D eigenvalue weighted by atomic mass is 10.1. The largest absolute Gasteiger partial charge is 0.489 e. The van der Waals surface area contributed by atoms with Crippen molar-refractivity contribution in [2.24, 2.45) is 0 Å². The van der Waals surface area contributed by atoms with Gasteiger partial charge >= 0.3 is 0 Å². The fraction of sp³-hybridized carbons (Fsp3) is 0.118. The van der Waals surface area contributed by atoms with Gasteiger partial charge in [-0.05, 0) is 24.6 Å². The van der Waals surface area contributed by atoms with E-state index in [9.17, 15) is 25.0 Å². The smallest absolute Gasteiger partial charge is 0.277 e. The number of ether oxygens (including phenoxy) is 1. The first-order valence-electron chi connectivity index (χ1n) is 7.38. The SMILES string of the molecule is C=C(C)COc1cccc(NC(=O)c2cc([N+](=O)[O-])cc([N+](=O)[O-])c2)c1. The van der Waals surface area contributed by atoms with Crippen LogP contribution in [0.4, 0.5) is 17.1 Å². The Morgan fingerprint density at radius 1 is 1.12 bits per heavy atom. The first-order chi connectivity index (χ1) is 12.3. The summed E-state index contributed by atoms with van der Waals surface area (Å²) in [5, 5.41) is 24.3. The molecular formula is C17H15N3O6. The monoisotopic (exact) mass is 357 g/mol. The fourth-order valence-electron chi connectivity index (χ4n) is 2.01. The van der Waals surface area contributed by atoms with Gasteiger partial charge in [0.2, 0.25) is 0 Å². The van der Waals surface area contributed by atoms with Crippen LogP contribution in [0.2, 0.25) is 0 Å². The first kappa shape index (κ1) is 18.6. The summed E-state index contributed by atoms with van der Waals surface area (Å²) < 4.78 is 5.47. The van der Waals surface area contributed by atoms with E-state index in [1.54, 1.807) is 31.2 Å². The molecule has 26 heavy (non-hydrogen) atoms. The van der Waals surface area contributed by atoms with E-state index >= 15 is 0 Å². The molecule has 1 N–H and O–H groups in total. The van der Waals surface area contributed by atoms with Crippen molar-refractivity contribution in [3.8, 4) is 5.75 Å². The summed E-state index contributed by atoms with van der Waals surface area (Å²) in [7, 11) is 0. The van der Waals surface area contributed by atoms with E-state index < -0.39 is 27.1 Å². The number of nitro groups is 2. The topological polar surface area (TPSA) is 125 Å². The maximum atomic E-state index is 12.3. The number of nitrogens with zero attached hydrogens (tertiary/aromatic N) is 2. The van der Waals surface area contributed by atoms with Gasteiger partial charge in [0.15, 0.2) is 0 Å². The molecule has 0 saturated carbocycles. The normalized spacial score (nSPS) is 10.0. The van der Waals surface area contributed by atoms with Crippen molar-refractivity contribution in [1.29, 1.82) is 0 Å². The number of anilines is 1. The van der Waals surface area contributed by atoms with Crippen LogP contribution < -0.4 is 10.1 Å². The minimum Gasteiger partial charge on any atom is -0.489 e. The zero-order valence-electron chi connectivity index (χ0n) is 13.8. The summed E-state index contributed by atoms with van der Waals surface area (Å²) in [6, 6.07) is 9.25. The van der Waals surface area contributed by atoms with E-state index in [1.165, 1.54) is 0 Å². The number of carbonyl (C=O) groups is 1. The Labute approximate surface area is 148 Å². The Bertz CT molecular complexity index is 862. The lowest BCUT2D eigenvalue weighted by Gasteiger charge is -2.09. The van der Waals surface area contributed by atoms with E-state index in [4.69, 9.17) is 4.74 Å². The molecule has 0 radical (unpaired) electrons. The van der Waals surface area contributed by atoms with Crippen LogP contribution in [0.15, 0.2) is 54.6 Å². The van der Waals surface area contributed by atoms with Gasteiger partial charge in [-0.2, -0.15) is 0 Å². The quantitative estimate of drug-likeness (QED) is 0.457. The Morgan fingerprint density at radius 2 is 1.73 bits per heavy atom. The molecule has 0 spiro atoms. The molecule has 2 aromatic carbocycles. The van der Waals surface area contributed by atoms with Gasteiger partial charge in [-0.15, -0.1) is 0 Å². The number of carbonyl (C=O) groups excluding carboxylic acids is 1. The second-order valence-corrected chi connectivity index (χ2v) is 5.48. The lowest BCUT2D eigenvalue weighted by Crippen LogP contribution is -2.12. The van der Waals surface area contributed by atoms with Gasteiger partial charge < -0.3 is 10.1 Å². The maximum absolute atomic E-state index is 12.3. The molecule has 0 unspecified atom stereocenters. The number of hydrogen-bond donors (Lipinski definition) is 1. The average molecular weight is 357 g/mol. The molecule has 9 heteroatoms. The molecule has 134 valence electrons. The molecule has 0 aromatic heterocycles. The van der Waals surface area contributed by atoms with Crippen LogP contribution in [-0.4, -0.2) is 22.4 Å². The number of non-ortho nitro benzene ring substituents is 2. The Balaban J connectivity index is 2.24. The Hall–Kier alpha value is -3.75. The van der Waals surface area contributed by atoms with E-state index in [0.717, 1.165) is 23.8 Å². The maximum Gasteiger partial charge on any atom is 0.277 e. The molecule has 0 saturated heterocycles. The van der Waals surface area contributed by atoms with Crippen molar-refractivity contribution in [2.45, 2.75) is 6.92 Å². The summed E-state index contributed by atoms with van der Waals surface area (Å²) in [6.45, 7) is 5.84. The third kappa shape index (κ3) is 4.87. The second-order valence-electron chi connectivity index (χ2n) is 5.48. The molecule has 1 amide bonds. The van der Waals surface area contributed by atoms with Gasteiger partial charge in [0, 0.05) is 23.9 Å². The molecule has 0 heterocycles. The van der Waals surface area contributed by atoms with Gasteiger partial charge in [0.25, 0.3) is 17.3 Å². The van der Waals surface area contributed by atoms with Gasteiger partial charge in [-0.3, -0.25) is 25.0 Å². The Morgan fingerprint density at radius 3 is 2.27 bits per heavy atom. The predicted molar refractivity (Wildman–Crippen MR) is 94.5 cm³/mol. The molecule has 0 fully saturated rings. The van der Waals surface area contributed by atoms with E-state index in [0.29, 0.717) is 18.0 Å². The van der Waals surface area contributed by atoms with Crippen molar-refractivity contribution >= 4 is 23.0 Å². The molecule has 0 aliphatic carbocycles. The summed E-state index contributed by atoms with van der Waals surface area (Å²) >= 11 is 0. The highest BCUT2D eigenvalue weighted by atomic mass is 16.6. The highest BCUT2D eigenvalue weighted by Crippen LogP contribution is 2.24. The molecule has 0 atom stereocenters. The molecular weight excluding hydrogens is 342 g/mol. The Kier molecular flexibility index (Phi) is 5.63. The molecule has 0 bridgehead atoms. The number of hydrogen-bond acceptors (Lipinski definition) is 6. The van der Waals surface area contributed by atoms with Gasteiger partial charge in [-0.1, -0.05) is 12.6 Å². The summed E-state index contributed by atoms with van der Waals surface area (Å²) in [4.78, 5) is 32.6. The predicted octanol–water partition coefficient (Wildman–Crippen LogP) is 3.71. The number of nitro benzene ring substituents is 2. The minimum atomic E-state index is -0.796. The van der Waals surface area contributed by atoms with Crippen LogP contribution in [0.25, 0.3) is 0 Å². The first-order valence-corrected chi connectivity index (χ1v) is 7.38. The molecule has 2 rings (SSSR count). The van der Waals surface area contributed by atoms with Crippen molar-refractivity contribution in [3.63, 3.8) is 0 Å². The molecule has 0 aliphatic heterocycles. The zero-order valence-corrected chi connectivity index (χ0v) is 13.8. The van der Waals surface area contributed by atoms with Gasteiger partial charge in [0.05, 0.1) is 21.5 Å². The lowest BCUT2D eigenvalue weighted by molar-refractivity contribution is -0.394. The summed E-state index contributed by atoms with van der Waals surface area (Å²) in [5.41, 5.74) is -0.0725. The van der Waals surface area contributed by atoms with Crippen LogP contribution >= 0.6 is 0 Å². The molecule has 2 aromatic rings. The highest BCUT2D eigenvalue weighted by molar-refractivity contribution is 6.05. The van der Waals surface area contributed by atoms with Crippen molar-refractivity contribution in [3.05, 3.63) is 80.4 Å². The minimum absolute atomic E-state index is 0.195. The average Bonchev–Trinajstić information content (AvgIpc) is 2.59. The number of amides is 1. The fourth-order valence-corrected chi connectivity index (χ4v) is 2.01. The number of nitrogens with one attached hydrogen (secondary N) is 1. The van der Waals surface area contributed by atoms with E-state index in [1.807, 2.05) is 0 Å². The highest BCUT2D eigenvalue weighted by Gasteiger charge is 2.20. The van der Waals surface area contributed by atoms with E-state index in [2.05, 4.69) is 11.9 Å². The van der Waals surface area contributed by atoms with Crippen molar-refractivity contribution in [1.82, 2.24) is 0 Å². The van der Waals surface area contributed by atoms with Crippen LogP contribution in [-0.2, 0) is 0 Å². The van der Waals surface area contributed by atoms with Gasteiger partial charge in [-0.25, -0.2) is 0 Å².